The summed E-state index contributed by atoms with van der Waals surface area (Å²) in [6.45, 7) is 6.60. The number of hydrogen-bond acceptors (Lipinski definition) is 4. The number of nitrogens with one attached hydrogen (secondary N) is 1. The van der Waals surface area contributed by atoms with Crippen molar-refractivity contribution in [3.8, 4) is 16.9 Å². The highest BCUT2D eigenvalue weighted by atomic mass is 32.2. The van der Waals surface area contributed by atoms with Gasteiger partial charge in [-0.25, -0.2) is 13.1 Å². The van der Waals surface area contributed by atoms with Gasteiger partial charge in [-0.1, -0.05) is 42.5 Å². The number of benzene rings is 2. The number of hydrogen-bond donors (Lipinski definition) is 1. The van der Waals surface area contributed by atoms with Crippen LogP contribution in [0.2, 0.25) is 0 Å². The smallest absolute Gasteiger partial charge is 0.214 e. The molecule has 5 nitrogen and oxygen atoms in total. The molecular weight excluding hydrogens is 374 g/mol. The molecule has 1 aliphatic heterocycles. The normalized spacial score (nSPS) is 20.3. The minimum atomic E-state index is -3.35. The number of ether oxygens (including phenoxy) is 2. The van der Waals surface area contributed by atoms with Gasteiger partial charge in [-0.05, 0) is 50.8 Å². The summed E-state index contributed by atoms with van der Waals surface area (Å²) < 4.78 is 39.2. The maximum absolute atomic E-state index is 12.3. The van der Waals surface area contributed by atoms with Crippen LogP contribution in [-0.2, 0) is 14.8 Å². The zero-order valence-corrected chi connectivity index (χ0v) is 17.5. The van der Waals surface area contributed by atoms with Gasteiger partial charge in [0, 0.05) is 12.2 Å². The van der Waals surface area contributed by atoms with Gasteiger partial charge in [-0.15, -0.1) is 0 Å². The zero-order chi connectivity index (χ0) is 20.1. The van der Waals surface area contributed by atoms with Crippen LogP contribution in [0.25, 0.3) is 11.1 Å². The third-order valence-corrected chi connectivity index (χ3v) is 6.87. The van der Waals surface area contributed by atoms with Gasteiger partial charge in [0.15, 0.2) is 0 Å². The van der Waals surface area contributed by atoms with Crippen molar-refractivity contribution in [1.29, 1.82) is 0 Å². The van der Waals surface area contributed by atoms with Crippen LogP contribution in [0.5, 0.6) is 5.75 Å². The van der Waals surface area contributed by atoms with Crippen molar-refractivity contribution in [3.63, 3.8) is 0 Å². The van der Waals surface area contributed by atoms with Crippen molar-refractivity contribution in [1.82, 2.24) is 4.72 Å². The quantitative estimate of drug-likeness (QED) is 0.749. The Morgan fingerprint density at radius 2 is 1.86 bits per heavy atom. The fourth-order valence-electron chi connectivity index (χ4n) is 3.42. The first-order chi connectivity index (χ1) is 13.4. The van der Waals surface area contributed by atoms with E-state index in [1.165, 1.54) is 0 Å². The Kier molecular flexibility index (Phi) is 6.75. The van der Waals surface area contributed by atoms with E-state index in [1.54, 1.807) is 13.8 Å². The summed E-state index contributed by atoms with van der Waals surface area (Å²) in [5.74, 6) is 0.856. The molecule has 1 saturated heterocycles. The SMILES string of the molecule is CCOc1ccccc1-c1ccc(C2OCCCC2NS(=O)(=O)C(C)C)cc1. The average Bonchev–Trinajstić information content (AvgIpc) is 2.69. The third kappa shape index (κ3) is 4.74. The van der Waals surface area contributed by atoms with Crippen molar-refractivity contribution in [2.45, 2.75) is 51.0 Å². The van der Waals surface area contributed by atoms with E-state index in [1.807, 2.05) is 55.5 Å². The second kappa shape index (κ2) is 9.07. The molecule has 2 unspecified atom stereocenters. The van der Waals surface area contributed by atoms with Gasteiger partial charge in [-0.3, -0.25) is 0 Å². The van der Waals surface area contributed by atoms with Crippen molar-refractivity contribution >= 4 is 10.0 Å². The van der Waals surface area contributed by atoms with Crippen molar-refractivity contribution in [2.75, 3.05) is 13.2 Å². The van der Waals surface area contributed by atoms with Gasteiger partial charge in [-0.2, -0.15) is 0 Å². The van der Waals surface area contributed by atoms with Crippen LogP contribution in [0.4, 0.5) is 0 Å². The predicted molar refractivity (Wildman–Crippen MR) is 112 cm³/mol. The van der Waals surface area contributed by atoms with E-state index in [-0.39, 0.29) is 12.1 Å². The number of para-hydroxylation sites is 1. The topological polar surface area (TPSA) is 64.6 Å². The highest BCUT2D eigenvalue weighted by Crippen LogP contribution is 2.33. The van der Waals surface area contributed by atoms with E-state index in [4.69, 9.17) is 9.47 Å². The molecule has 6 heteroatoms. The van der Waals surface area contributed by atoms with E-state index in [0.717, 1.165) is 35.3 Å². The molecule has 0 radical (unpaired) electrons. The predicted octanol–water partition coefficient (Wildman–Crippen LogP) is 4.30. The minimum absolute atomic E-state index is 0.247. The van der Waals surface area contributed by atoms with Gasteiger partial charge >= 0.3 is 0 Å². The Balaban J connectivity index is 1.83. The summed E-state index contributed by atoms with van der Waals surface area (Å²) in [6.07, 6.45) is 1.34. The molecule has 0 spiro atoms. The van der Waals surface area contributed by atoms with Gasteiger partial charge in [0.25, 0.3) is 0 Å². The molecule has 0 saturated carbocycles. The molecule has 0 amide bonds. The Morgan fingerprint density at radius 1 is 1.14 bits per heavy atom. The summed E-state index contributed by atoms with van der Waals surface area (Å²) in [6, 6.07) is 15.8. The van der Waals surface area contributed by atoms with Gasteiger partial charge < -0.3 is 9.47 Å². The summed E-state index contributed by atoms with van der Waals surface area (Å²) in [7, 11) is -3.35. The fourth-order valence-corrected chi connectivity index (χ4v) is 4.35. The van der Waals surface area contributed by atoms with Crippen molar-refractivity contribution in [2.24, 2.45) is 0 Å². The van der Waals surface area contributed by atoms with Gasteiger partial charge in [0.1, 0.15) is 5.75 Å². The molecule has 0 aliphatic carbocycles. The lowest BCUT2D eigenvalue weighted by atomic mass is 9.95. The highest BCUT2D eigenvalue weighted by Gasteiger charge is 2.31. The Bertz CT molecular complexity index is 878. The third-order valence-electron chi connectivity index (χ3n) is 5.00. The lowest BCUT2D eigenvalue weighted by molar-refractivity contribution is -0.00446. The average molecular weight is 404 g/mol. The van der Waals surface area contributed by atoms with Crippen LogP contribution >= 0.6 is 0 Å². The standard InChI is InChI=1S/C22H29NO4S/c1-4-26-21-10-6-5-8-19(21)17-11-13-18(14-12-17)22-20(9-7-15-27-22)23-28(24,25)16(2)3/h5-6,8,10-14,16,20,22-23H,4,7,9,15H2,1-3H3. The van der Waals surface area contributed by atoms with E-state index < -0.39 is 15.3 Å². The van der Waals surface area contributed by atoms with Crippen LogP contribution in [0, 0.1) is 0 Å². The lowest BCUT2D eigenvalue weighted by Crippen LogP contribution is -2.45. The van der Waals surface area contributed by atoms with Crippen LogP contribution in [0.1, 0.15) is 45.3 Å². The molecule has 1 aliphatic rings. The summed E-state index contributed by atoms with van der Waals surface area (Å²) in [5, 5.41) is -0.465. The molecular formula is C22H29NO4S. The van der Waals surface area contributed by atoms with Crippen LogP contribution in [0.15, 0.2) is 48.5 Å². The molecule has 2 aromatic rings. The first-order valence-corrected chi connectivity index (χ1v) is 11.4. The van der Waals surface area contributed by atoms with Crippen molar-refractivity contribution in [3.05, 3.63) is 54.1 Å². The molecule has 1 N–H and O–H groups in total. The fraction of sp³-hybridized carbons (Fsp3) is 0.455. The first kappa shape index (κ1) is 20.8. The van der Waals surface area contributed by atoms with Crippen LogP contribution < -0.4 is 9.46 Å². The molecule has 0 aromatic heterocycles. The van der Waals surface area contributed by atoms with Gasteiger partial charge in [0.05, 0.1) is 24.0 Å². The maximum Gasteiger partial charge on any atom is 0.214 e. The van der Waals surface area contributed by atoms with E-state index in [9.17, 15) is 8.42 Å². The second-order valence-electron chi connectivity index (χ2n) is 7.30. The molecule has 28 heavy (non-hydrogen) atoms. The largest absolute Gasteiger partial charge is 0.493 e. The molecule has 0 bridgehead atoms. The molecule has 3 rings (SSSR count). The second-order valence-corrected chi connectivity index (χ2v) is 9.57. The minimum Gasteiger partial charge on any atom is -0.493 e. The Hall–Kier alpha value is -1.89. The lowest BCUT2D eigenvalue weighted by Gasteiger charge is -2.33. The monoisotopic (exact) mass is 403 g/mol. The number of sulfonamides is 1. The maximum atomic E-state index is 12.3. The molecule has 1 heterocycles. The molecule has 2 atom stereocenters. The van der Waals surface area contributed by atoms with Crippen molar-refractivity contribution < 1.29 is 17.9 Å². The Labute approximate surface area is 168 Å². The van der Waals surface area contributed by atoms with E-state index >= 15 is 0 Å². The van der Waals surface area contributed by atoms with E-state index in [0.29, 0.717) is 13.2 Å². The van der Waals surface area contributed by atoms with Crippen LogP contribution in [-0.4, -0.2) is 32.9 Å². The van der Waals surface area contributed by atoms with Crippen LogP contribution in [0.3, 0.4) is 0 Å². The Morgan fingerprint density at radius 3 is 2.54 bits per heavy atom. The summed E-state index contributed by atoms with van der Waals surface area (Å²) >= 11 is 0. The molecule has 152 valence electrons. The molecule has 2 aromatic carbocycles. The molecule has 1 fully saturated rings. The van der Waals surface area contributed by atoms with E-state index in [2.05, 4.69) is 4.72 Å². The first-order valence-electron chi connectivity index (χ1n) is 9.87. The zero-order valence-electron chi connectivity index (χ0n) is 16.7. The highest BCUT2D eigenvalue weighted by molar-refractivity contribution is 7.90. The summed E-state index contributed by atoms with van der Waals surface area (Å²) in [5.41, 5.74) is 3.08. The van der Waals surface area contributed by atoms with Gasteiger partial charge in [0.2, 0.25) is 10.0 Å². The number of rotatable bonds is 7. The summed E-state index contributed by atoms with van der Waals surface area (Å²) in [4.78, 5) is 0.